The Morgan fingerprint density at radius 3 is 2.35 bits per heavy atom. The number of amides is 6. The molecule has 3 heterocycles. The van der Waals surface area contributed by atoms with Crippen molar-refractivity contribution >= 4 is 53.2 Å². The van der Waals surface area contributed by atoms with Crippen molar-refractivity contribution in [3.05, 3.63) is 58.1 Å². The number of guanidine groups is 1. The zero-order valence-corrected chi connectivity index (χ0v) is 29.3. The number of nitrogens with one attached hydrogen (secondary N) is 7. The molecule has 0 aliphatic carbocycles. The molecule has 2 aromatic heterocycles. The monoisotopic (exact) mass is 753 g/mol. The van der Waals surface area contributed by atoms with Crippen molar-refractivity contribution in [2.24, 2.45) is 21.6 Å². The van der Waals surface area contributed by atoms with Crippen LogP contribution >= 0.6 is 0 Å². The van der Waals surface area contributed by atoms with Crippen molar-refractivity contribution in [2.45, 2.75) is 62.7 Å². The van der Waals surface area contributed by atoms with Crippen LogP contribution in [-0.2, 0) is 28.8 Å². The van der Waals surface area contributed by atoms with Crippen molar-refractivity contribution in [1.82, 2.24) is 41.5 Å². The van der Waals surface area contributed by atoms with Gasteiger partial charge >= 0.3 is 5.97 Å². The summed E-state index contributed by atoms with van der Waals surface area (Å²) < 4.78 is 0. The average molecular weight is 754 g/mol. The van der Waals surface area contributed by atoms with Gasteiger partial charge in [0.15, 0.2) is 11.8 Å². The summed E-state index contributed by atoms with van der Waals surface area (Å²) in [4.78, 5) is 115. The van der Waals surface area contributed by atoms with Gasteiger partial charge in [-0.05, 0) is 50.3 Å². The first kappa shape index (κ1) is 41.7. The molecule has 1 aliphatic heterocycles. The van der Waals surface area contributed by atoms with Crippen LogP contribution in [-0.4, -0.2) is 112 Å². The molecule has 3 rings (SSSR count). The molecule has 1 aliphatic rings. The fourth-order valence-electron chi connectivity index (χ4n) is 5.33. The van der Waals surface area contributed by atoms with Crippen LogP contribution in [0.1, 0.15) is 60.5 Å². The first-order chi connectivity index (χ1) is 25.7. The highest BCUT2D eigenvalue weighted by atomic mass is 16.4. The fraction of sp³-hybridized carbons (Fsp3) is 0.438. The molecule has 1 unspecified atom stereocenters. The molecule has 54 heavy (non-hydrogen) atoms. The largest absolute Gasteiger partial charge is 0.481 e. The van der Waals surface area contributed by atoms with Crippen LogP contribution in [0.3, 0.4) is 0 Å². The second-order valence-electron chi connectivity index (χ2n) is 12.1. The minimum Gasteiger partial charge on any atom is -0.481 e. The second kappa shape index (κ2) is 20.3. The number of aliphatic imine (C=N–C) groups is 1. The number of carbonyl (C=O) groups is 7. The third-order valence-corrected chi connectivity index (χ3v) is 8.14. The number of rotatable bonds is 14. The van der Waals surface area contributed by atoms with Gasteiger partial charge in [0.2, 0.25) is 35.1 Å². The number of pyridine rings is 2. The van der Waals surface area contributed by atoms with E-state index in [1.807, 2.05) is 0 Å². The van der Waals surface area contributed by atoms with Gasteiger partial charge in [0.05, 0.1) is 18.5 Å². The Labute approximate surface area is 307 Å². The molecule has 22 nitrogen and oxygen atoms in total. The van der Waals surface area contributed by atoms with E-state index in [1.165, 1.54) is 31.4 Å². The van der Waals surface area contributed by atoms with Crippen molar-refractivity contribution in [3.63, 3.8) is 0 Å². The summed E-state index contributed by atoms with van der Waals surface area (Å²) >= 11 is 0. The third kappa shape index (κ3) is 12.8. The van der Waals surface area contributed by atoms with Gasteiger partial charge in [0.1, 0.15) is 24.2 Å². The van der Waals surface area contributed by atoms with Crippen LogP contribution in [0.15, 0.2) is 51.6 Å². The first-order valence-corrected chi connectivity index (χ1v) is 16.7. The lowest BCUT2D eigenvalue weighted by molar-refractivity contribution is -0.142. The van der Waals surface area contributed by atoms with Gasteiger partial charge in [-0.15, -0.1) is 5.11 Å². The van der Waals surface area contributed by atoms with Gasteiger partial charge in [-0.1, -0.05) is 0 Å². The van der Waals surface area contributed by atoms with Gasteiger partial charge in [-0.25, -0.2) is 10.5 Å². The summed E-state index contributed by atoms with van der Waals surface area (Å²) in [7, 11) is 1.34. The molecule has 0 saturated carbocycles. The Bertz CT molecular complexity index is 1770. The Kier molecular flexibility index (Phi) is 15.7. The van der Waals surface area contributed by atoms with Crippen LogP contribution in [0.25, 0.3) is 0 Å². The van der Waals surface area contributed by atoms with Crippen LogP contribution in [0.5, 0.6) is 0 Å². The predicted octanol–water partition coefficient (Wildman–Crippen LogP) is -2.36. The van der Waals surface area contributed by atoms with E-state index < -0.39 is 84.1 Å². The number of carbonyl (C=O) groups excluding carboxylic acids is 6. The first-order valence-electron chi connectivity index (χ1n) is 16.7. The SMILES string of the molecule is CN1C(=O)[C@H](CCCCNC(=O)c2ccc(N=N)nc2)NC(=O)C(c2ccc(=O)[nH]c2)NC(=O)[C@H](CC(=O)O)NC(=O)CNC(=O)[C@@H]1CCCN=C(N)N. The van der Waals surface area contributed by atoms with E-state index in [-0.39, 0.29) is 61.7 Å². The molecule has 6 amide bonds. The molecule has 0 spiro atoms. The van der Waals surface area contributed by atoms with Gasteiger partial charge in [-0.3, -0.25) is 43.3 Å². The number of H-pyrrole nitrogens is 1. The molecule has 0 bridgehead atoms. The molecule has 22 heteroatoms. The van der Waals surface area contributed by atoms with Gasteiger partial charge in [0.25, 0.3) is 5.91 Å². The van der Waals surface area contributed by atoms with E-state index in [9.17, 15) is 43.5 Å². The van der Waals surface area contributed by atoms with E-state index in [0.717, 1.165) is 17.2 Å². The predicted molar refractivity (Wildman–Crippen MR) is 189 cm³/mol. The van der Waals surface area contributed by atoms with E-state index in [4.69, 9.17) is 17.0 Å². The molecule has 1 saturated heterocycles. The van der Waals surface area contributed by atoms with E-state index in [1.54, 1.807) is 0 Å². The molecule has 1 fully saturated rings. The number of aromatic nitrogens is 2. The summed E-state index contributed by atoms with van der Waals surface area (Å²) in [5.74, 6) is -6.38. The normalized spacial score (nSPS) is 19.9. The molecular formula is C32H43N13O9. The molecule has 290 valence electrons. The highest BCUT2D eigenvalue weighted by Gasteiger charge is 2.36. The van der Waals surface area contributed by atoms with Gasteiger partial charge in [-0.2, -0.15) is 0 Å². The highest BCUT2D eigenvalue weighted by molar-refractivity contribution is 5.98. The smallest absolute Gasteiger partial charge is 0.305 e. The number of aliphatic carboxylic acids is 1. The van der Waals surface area contributed by atoms with Gasteiger partial charge < -0.3 is 53.0 Å². The van der Waals surface area contributed by atoms with Crippen LogP contribution < -0.4 is 43.6 Å². The van der Waals surface area contributed by atoms with E-state index >= 15 is 0 Å². The lowest BCUT2D eigenvalue weighted by Gasteiger charge is -2.31. The Hall–Kier alpha value is -6.74. The highest BCUT2D eigenvalue weighted by Crippen LogP contribution is 2.16. The number of nitrogens with two attached hydrogens (primary N) is 2. The number of carboxylic acids is 1. The minimum absolute atomic E-state index is 0.0116. The molecule has 12 N–H and O–H groups in total. The van der Waals surface area contributed by atoms with E-state index in [2.05, 4.69) is 46.7 Å². The van der Waals surface area contributed by atoms with Crippen molar-refractivity contribution in [1.29, 1.82) is 5.53 Å². The summed E-state index contributed by atoms with van der Waals surface area (Å²) in [6, 6.07) is -0.603. The third-order valence-electron chi connectivity index (χ3n) is 8.14. The molecule has 0 aromatic carbocycles. The van der Waals surface area contributed by atoms with Crippen molar-refractivity contribution < 1.29 is 38.7 Å². The molecule has 4 atom stereocenters. The maximum Gasteiger partial charge on any atom is 0.305 e. The maximum atomic E-state index is 14.1. The number of hydrogen-bond acceptors (Lipinski definition) is 12. The quantitative estimate of drug-likeness (QED) is 0.0419. The maximum absolute atomic E-state index is 14.1. The number of carboxylic acid groups (broad SMARTS) is 1. The minimum atomic E-state index is -1.69. The average Bonchev–Trinajstić information content (AvgIpc) is 3.14. The lowest BCUT2D eigenvalue weighted by Crippen LogP contribution is -2.56. The second-order valence-corrected chi connectivity index (χ2v) is 12.1. The summed E-state index contributed by atoms with van der Waals surface area (Å²) in [6.07, 6.45) is 2.35. The standard InChI is InChI=1S/C32H43N13O9/c1-45-21(6-4-12-37-32(33)34)29(52)40-16-24(47)41-20(13-25(48)49)28(51)43-26(17-8-10-23(46)39-14-17)30(53)42-19(31(45)54)5-2-3-11-36-27(50)18-7-9-22(44-35)38-15-18/h7-10,14-15,19-21,26,35H,2-6,11-13,16H2,1H3,(H,36,50)(H,39,46)(H,40,52)(H,41,47)(H,42,53)(H,43,51)(H,48,49)(H4,33,34,37)/t19-,20-,21-,26?/m0/s1. The summed E-state index contributed by atoms with van der Waals surface area (Å²) in [6.45, 7) is -0.429. The zero-order valence-electron chi connectivity index (χ0n) is 29.3. The number of likely N-dealkylation sites (N-methyl/N-ethyl adjacent to an activating group) is 1. The number of unbranched alkanes of at least 4 members (excludes halogenated alkanes) is 1. The zero-order chi connectivity index (χ0) is 39.8. The van der Waals surface area contributed by atoms with Crippen LogP contribution in [0, 0.1) is 5.53 Å². The van der Waals surface area contributed by atoms with Crippen LogP contribution in [0.4, 0.5) is 5.82 Å². The Morgan fingerprint density at radius 2 is 1.72 bits per heavy atom. The molecule has 2 aromatic rings. The van der Waals surface area contributed by atoms with Gasteiger partial charge in [0, 0.05) is 44.2 Å². The Morgan fingerprint density at radius 1 is 0.963 bits per heavy atom. The molecule has 0 radical (unpaired) electrons. The van der Waals surface area contributed by atoms with E-state index in [0.29, 0.717) is 6.42 Å². The fourth-order valence-corrected chi connectivity index (χ4v) is 5.33. The number of aromatic amines is 1. The Balaban J connectivity index is 1.93. The number of nitrogens with zero attached hydrogens (tertiary/aromatic N) is 4. The number of hydrogen-bond donors (Lipinski definition) is 10. The van der Waals surface area contributed by atoms with Crippen molar-refractivity contribution in [3.8, 4) is 0 Å². The van der Waals surface area contributed by atoms with Crippen molar-refractivity contribution in [2.75, 3.05) is 26.7 Å². The topological polar surface area (TPSA) is 349 Å². The molecular weight excluding hydrogens is 710 g/mol. The van der Waals surface area contributed by atoms with Crippen LogP contribution in [0.2, 0.25) is 0 Å². The summed E-state index contributed by atoms with van der Waals surface area (Å²) in [5.41, 5.74) is 17.6. The summed E-state index contributed by atoms with van der Waals surface area (Å²) in [5, 5.41) is 25.0. The lowest BCUT2D eigenvalue weighted by atomic mass is 10.0.